The lowest BCUT2D eigenvalue weighted by Gasteiger charge is -2.26. The van der Waals surface area contributed by atoms with Gasteiger partial charge in [-0.2, -0.15) is 0 Å². The van der Waals surface area contributed by atoms with Crippen LogP contribution in [0, 0.1) is 5.92 Å². The molecule has 0 saturated carbocycles. The first-order valence-corrected chi connectivity index (χ1v) is 5.34. The highest BCUT2D eigenvalue weighted by molar-refractivity contribution is 5.86. The van der Waals surface area contributed by atoms with E-state index in [1.54, 1.807) is 13.0 Å². The monoisotopic (exact) mass is 214 g/mol. The largest absolute Gasteiger partial charge is 0.460 e. The lowest BCUT2D eigenvalue weighted by molar-refractivity contribution is -0.161. The molecule has 1 aliphatic heterocycles. The molecular weight excluding hydrogens is 196 g/mol. The number of allylic oxidation sites excluding steroid dienone is 1. The minimum atomic E-state index is -0.409. The summed E-state index contributed by atoms with van der Waals surface area (Å²) in [6.07, 6.45) is 2.24. The predicted octanol–water partition coefficient (Wildman–Crippen LogP) is 1.85. The zero-order chi connectivity index (χ0) is 11.3. The standard InChI is InChI=1S/C11H18O4/c1-4-13-10-7-8(3)6-9(15-10)11(12)14-5-2/h6,8,10H,4-5,7H2,1-3H3/t8-,10+/m1/s1. The van der Waals surface area contributed by atoms with E-state index in [0.717, 1.165) is 6.42 Å². The Morgan fingerprint density at radius 2 is 2.27 bits per heavy atom. The summed E-state index contributed by atoms with van der Waals surface area (Å²) in [7, 11) is 0. The summed E-state index contributed by atoms with van der Waals surface area (Å²) in [6, 6.07) is 0. The molecule has 2 atom stereocenters. The van der Waals surface area contributed by atoms with E-state index in [1.807, 2.05) is 13.8 Å². The summed E-state index contributed by atoms with van der Waals surface area (Å²) < 4.78 is 15.6. The Hall–Kier alpha value is -1.03. The fourth-order valence-electron chi connectivity index (χ4n) is 1.47. The van der Waals surface area contributed by atoms with Crippen molar-refractivity contribution in [2.75, 3.05) is 13.2 Å². The van der Waals surface area contributed by atoms with Gasteiger partial charge in [-0.15, -0.1) is 0 Å². The van der Waals surface area contributed by atoms with Crippen molar-refractivity contribution in [3.8, 4) is 0 Å². The second-order valence-electron chi connectivity index (χ2n) is 3.47. The average molecular weight is 214 g/mol. The van der Waals surface area contributed by atoms with Crippen LogP contribution in [0.15, 0.2) is 11.8 Å². The van der Waals surface area contributed by atoms with Gasteiger partial charge in [-0.1, -0.05) is 6.92 Å². The van der Waals surface area contributed by atoms with Crippen molar-refractivity contribution in [2.45, 2.75) is 33.5 Å². The highest BCUT2D eigenvalue weighted by Crippen LogP contribution is 2.23. The van der Waals surface area contributed by atoms with Gasteiger partial charge in [0.05, 0.1) is 6.61 Å². The summed E-state index contributed by atoms with van der Waals surface area (Å²) >= 11 is 0. The normalized spacial score (nSPS) is 25.4. The third kappa shape index (κ3) is 3.55. The number of carbonyl (C=O) groups is 1. The highest BCUT2D eigenvalue weighted by atomic mass is 16.7. The second-order valence-corrected chi connectivity index (χ2v) is 3.47. The predicted molar refractivity (Wildman–Crippen MR) is 55.0 cm³/mol. The Labute approximate surface area is 90.2 Å². The van der Waals surface area contributed by atoms with Gasteiger partial charge in [-0.05, 0) is 25.8 Å². The number of rotatable bonds is 4. The molecule has 1 rings (SSSR count). The highest BCUT2D eigenvalue weighted by Gasteiger charge is 2.25. The van der Waals surface area contributed by atoms with Gasteiger partial charge in [0, 0.05) is 13.0 Å². The first kappa shape index (κ1) is 12.0. The zero-order valence-corrected chi connectivity index (χ0v) is 9.49. The molecule has 86 valence electrons. The number of esters is 1. The Morgan fingerprint density at radius 3 is 2.87 bits per heavy atom. The van der Waals surface area contributed by atoms with E-state index in [9.17, 15) is 4.79 Å². The van der Waals surface area contributed by atoms with E-state index in [0.29, 0.717) is 13.2 Å². The Bertz CT molecular complexity index is 247. The van der Waals surface area contributed by atoms with Gasteiger partial charge in [0.25, 0.3) is 0 Å². The molecule has 0 N–H and O–H groups in total. The molecule has 4 nitrogen and oxygen atoms in total. The topological polar surface area (TPSA) is 44.8 Å². The molecule has 0 aromatic heterocycles. The van der Waals surface area contributed by atoms with Crippen LogP contribution in [-0.4, -0.2) is 25.5 Å². The molecule has 1 heterocycles. The number of carbonyl (C=O) groups excluding carboxylic acids is 1. The lowest BCUT2D eigenvalue weighted by atomic mass is 10.0. The third-order valence-electron chi connectivity index (χ3n) is 2.09. The summed E-state index contributed by atoms with van der Waals surface area (Å²) in [5.41, 5.74) is 0. The minimum Gasteiger partial charge on any atom is -0.460 e. The van der Waals surface area contributed by atoms with Crippen molar-refractivity contribution in [1.82, 2.24) is 0 Å². The molecule has 0 saturated heterocycles. The van der Waals surface area contributed by atoms with Gasteiger partial charge >= 0.3 is 5.97 Å². The molecule has 0 radical (unpaired) electrons. The Balaban J connectivity index is 2.60. The van der Waals surface area contributed by atoms with Crippen LogP contribution < -0.4 is 0 Å². The van der Waals surface area contributed by atoms with Crippen molar-refractivity contribution < 1.29 is 19.0 Å². The summed E-state index contributed by atoms with van der Waals surface area (Å²) in [5, 5.41) is 0. The minimum absolute atomic E-state index is 0.272. The third-order valence-corrected chi connectivity index (χ3v) is 2.09. The molecule has 0 spiro atoms. The summed E-state index contributed by atoms with van der Waals surface area (Å²) in [6.45, 7) is 6.62. The molecule has 1 aliphatic rings. The summed E-state index contributed by atoms with van der Waals surface area (Å²) in [4.78, 5) is 11.4. The van der Waals surface area contributed by atoms with E-state index >= 15 is 0 Å². The van der Waals surface area contributed by atoms with Crippen molar-refractivity contribution in [2.24, 2.45) is 5.92 Å². The Kier molecular flexibility index (Phi) is 4.62. The van der Waals surface area contributed by atoms with Crippen LogP contribution in [0.4, 0.5) is 0 Å². The van der Waals surface area contributed by atoms with Crippen LogP contribution in [0.1, 0.15) is 27.2 Å². The van der Waals surface area contributed by atoms with E-state index in [1.165, 1.54) is 0 Å². The van der Waals surface area contributed by atoms with Crippen molar-refractivity contribution >= 4 is 5.97 Å². The van der Waals surface area contributed by atoms with Crippen molar-refractivity contribution in [1.29, 1.82) is 0 Å². The first-order chi connectivity index (χ1) is 7.17. The zero-order valence-electron chi connectivity index (χ0n) is 9.49. The van der Waals surface area contributed by atoms with Crippen LogP contribution in [-0.2, 0) is 19.0 Å². The van der Waals surface area contributed by atoms with Gasteiger partial charge in [-0.3, -0.25) is 0 Å². The average Bonchev–Trinajstić information content (AvgIpc) is 2.17. The molecule has 0 fully saturated rings. The Morgan fingerprint density at radius 1 is 1.53 bits per heavy atom. The van der Waals surface area contributed by atoms with Crippen LogP contribution in [0.3, 0.4) is 0 Å². The fourth-order valence-corrected chi connectivity index (χ4v) is 1.47. The van der Waals surface area contributed by atoms with Crippen LogP contribution in [0.2, 0.25) is 0 Å². The number of hydrogen-bond acceptors (Lipinski definition) is 4. The summed E-state index contributed by atoms with van der Waals surface area (Å²) in [5.74, 6) is 0.137. The van der Waals surface area contributed by atoms with Crippen LogP contribution >= 0.6 is 0 Å². The molecule has 0 aromatic rings. The molecule has 15 heavy (non-hydrogen) atoms. The van der Waals surface area contributed by atoms with E-state index in [4.69, 9.17) is 14.2 Å². The molecule has 0 aromatic carbocycles. The number of ether oxygens (including phenoxy) is 3. The molecule has 0 unspecified atom stereocenters. The van der Waals surface area contributed by atoms with Crippen molar-refractivity contribution in [3.05, 3.63) is 11.8 Å². The smallest absolute Gasteiger partial charge is 0.373 e. The van der Waals surface area contributed by atoms with E-state index in [-0.39, 0.29) is 18.0 Å². The molecule has 4 heteroatoms. The van der Waals surface area contributed by atoms with Crippen LogP contribution in [0.25, 0.3) is 0 Å². The molecule has 0 aliphatic carbocycles. The maximum atomic E-state index is 11.4. The van der Waals surface area contributed by atoms with E-state index in [2.05, 4.69) is 0 Å². The van der Waals surface area contributed by atoms with Gasteiger partial charge < -0.3 is 14.2 Å². The maximum Gasteiger partial charge on any atom is 0.373 e. The van der Waals surface area contributed by atoms with Crippen LogP contribution in [0.5, 0.6) is 0 Å². The van der Waals surface area contributed by atoms with Crippen molar-refractivity contribution in [3.63, 3.8) is 0 Å². The quantitative estimate of drug-likeness (QED) is 0.670. The molecular formula is C11H18O4. The lowest BCUT2D eigenvalue weighted by Crippen LogP contribution is -2.27. The number of hydrogen-bond donors (Lipinski definition) is 0. The van der Waals surface area contributed by atoms with Gasteiger partial charge in [0.2, 0.25) is 12.0 Å². The SMILES string of the molecule is CCOC(=O)C1=C[C@@H](C)C[C@@H](OCC)O1. The maximum absolute atomic E-state index is 11.4. The second kappa shape index (κ2) is 5.75. The van der Waals surface area contributed by atoms with Gasteiger partial charge in [-0.25, -0.2) is 4.79 Å². The molecule has 0 bridgehead atoms. The van der Waals surface area contributed by atoms with Gasteiger partial charge in [0.15, 0.2) is 0 Å². The fraction of sp³-hybridized carbons (Fsp3) is 0.727. The van der Waals surface area contributed by atoms with Gasteiger partial charge in [0.1, 0.15) is 0 Å². The first-order valence-electron chi connectivity index (χ1n) is 5.34. The molecule has 0 amide bonds. The van der Waals surface area contributed by atoms with E-state index < -0.39 is 5.97 Å².